The van der Waals surface area contributed by atoms with Crippen LogP contribution in [0.2, 0.25) is 0 Å². The van der Waals surface area contributed by atoms with E-state index in [0.717, 1.165) is 6.54 Å². The number of nitrogens with zero attached hydrogens (tertiary/aromatic N) is 1. The Bertz CT molecular complexity index is 278. The van der Waals surface area contributed by atoms with Gasteiger partial charge in [0.1, 0.15) is 0 Å². The molecule has 0 radical (unpaired) electrons. The lowest BCUT2D eigenvalue weighted by Crippen LogP contribution is -2.43. The van der Waals surface area contributed by atoms with Crippen LogP contribution in [0, 0.1) is 5.92 Å². The van der Waals surface area contributed by atoms with Gasteiger partial charge in [0, 0.05) is 32.6 Å². The summed E-state index contributed by atoms with van der Waals surface area (Å²) in [7, 11) is 0. The summed E-state index contributed by atoms with van der Waals surface area (Å²) in [6.45, 7) is 8.38. The van der Waals surface area contributed by atoms with Crippen molar-refractivity contribution < 1.29 is 9.53 Å². The Labute approximate surface area is 114 Å². The van der Waals surface area contributed by atoms with Gasteiger partial charge < -0.3 is 20.3 Å². The van der Waals surface area contributed by atoms with Crippen LogP contribution >= 0.6 is 12.2 Å². The second-order valence-corrected chi connectivity index (χ2v) is 5.18. The fourth-order valence-corrected chi connectivity index (χ4v) is 1.80. The number of thiocarbonyl (C=S) groups is 1. The smallest absolute Gasteiger partial charge is 0.224 e. The van der Waals surface area contributed by atoms with E-state index in [1.807, 2.05) is 4.90 Å². The minimum Gasteiger partial charge on any atom is -0.378 e. The first-order valence-corrected chi connectivity index (χ1v) is 6.87. The van der Waals surface area contributed by atoms with Gasteiger partial charge in [0.2, 0.25) is 5.91 Å². The Morgan fingerprint density at radius 2 is 2.00 bits per heavy atom. The summed E-state index contributed by atoms with van der Waals surface area (Å²) in [6, 6.07) is 0. The SMILES string of the molecule is CC(C)CNC(=S)NCCC(=O)N1CCOCC1. The summed E-state index contributed by atoms with van der Waals surface area (Å²) in [5, 5.41) is 6.78. The summed E-state index contributed by atoms with van der Waals surface area (Å²) < 4.78 is 5.21. The van der Waals surface area contributed by atoms with Gasteiger partial charge in [0.25, 0.3) is 0 Å². The van der Waals surface area contributed by atoms with Gasteiger partial charge in [-0.3, -0.25) is 4.79 Å². The molecule has 18 heavy (non-hydrogen) atoms. The highest BCUT2D eigenvalue weighted by Crippen LogP contribution is 1.99. The fraction of sp³-hybridized carbons (Fsp3) is 0.833. The van der Waals surface area contributed by atoms with E-state index < -0.39 is 0 Å². The van der Waals surface area contributed by atoms with E-state index in [9.17, 15) is 4.79 Å². The first kappa shape index (κ1) is 15.2. The van der Waals surface area contributed by atoms with Crippen molar-refractivity contribution in [1.29, 1.82) is 0 Å². The number of morpholine rings is 1. The van der Waals surface area contributed by atoms with Gasteiger partial charge in [0.15, 0.2) is 5.11 Å². The van der Waals surface area contributed by atoms with Crippen molar-refractivity contribution in [2.24, 2.45) is 5.92 Å². The molecule has 1 aliphatic heterocycles. The zero-order chi connectivity index (χ0) is 13.4. The molecule has 0 spiro atoms. The maximum Gasteiger partial charge on any atom is 0.224 e. The second kappa shape index (κ2) is 8.26. The van der Waals surface area contributed by atoms with E-state index in [2.05, 4.69) is 24.5 Å². The number of amides is 1. The van der Waals surface area contributed by atoms with Gasteiger partial charge in [-0.1, -0.05) is 13.8 Å². The number of ether oxygens (including phenoxy) is 1. The Hall–Kier alpha value is -0.880. The Balaban J connectivity index is 2.09. The lowest BCUT2D eigenvalue weighted by molar-refractivity contribution is -0.135. The van der Waals surface area contributed by atoms with Crippen molar-refractivity contribution in [3.05, 3.63) is 0 Å². The maximum atomic E-state index is 11.8. The van der Waals surface area contributed by atoms with Gasteiger partial charge in [-0.25, -0.2) is 0 Å². The van der Waals surface area contributed by atoms with Crippen LogP contribution in [-0.2, 0) is 9.53 Å². The van der Waals surface area contributed by atoms with Crippen molar-refractivity contribution in [3.8, 4) is 0 Å². The van der Waals surface area contributed by atoms with Crippen LogP contribution in [0.15, 0.2) is 0 Å². The molecule has 0 atom stereocenters. The highest BCUT2D eigenvalue weighted by atomic mass is 32.1. The van der Waals surface area contributed by atoms with Gasteiger partial charge in [0.05, 0.1) is 13.2 Å². The Morgan fingerprint density at radius 1 is 1.33 bits per heavy atom. The summed E-state index contributed by atoms with van der Waals surface area (Å²) in [5.74, 6) is 0.720. The van der Waals surface area contributed by atoms with Crippen LogP contribution in [0.5, 0.6) is 0 Å². The number of carbonyl (C=O) groups is 1. The predicted octanol–water partition coefficient (Wildman–Crippen LogP) is 0.355. The number of hydrogen-bond acceptors (Lipinski definition) is 3. The lowest BCUT2D eigenvalue weighted by atomic mass is 10.2. The molecule has 1 saturated heterocycles. The van der Waals surface area contributed by atoms with E-state index in [1.54, 1.807) is 0 Å². The van der Waals surface area contributed by atoms with Crippen molar-refractivity contribution >= 4 is 23.2 Å². The van der Waals surface area contributed by atoms with Crippen LogP contribution in [0.4, 0.5) is 0 Å². The molecule has 0 unspecified atom stereocenters. The van der Waals surface area contributed by atoms with Crippen LogP contribution < -0.4 is 10.6 Å². The molecule has 2 N–H and O–H groups in total. The number of rotatable bonds is 5. The third-order valence-corrected chi connectivity index (χ3v) is 2.95. The molecular weight excluding hydrogens is 250 g/mol. The standard InChI is InChI=1S/C12H23N3O2S/c1-10(2)9-14-12(18)13-4-3-11(16)15-5-7-17-8-6-15/h10H,3-9H2,1-2H3,(H2,13,14,18). The molecule has 1 amide bonds. The van der Waals surface area contributed by atoms with Crippen molar-refractivity contribution in [2.45, 2.75) is 20.3 Å². The Kier molecular flexibility index (Phi) is 6.97. The molecule has 1 aliphatic rings. The summed E-state index contributed by atoms with van der Waals surface area (Å²) in [5.41, 5.74) is 0. The molecule has 0 bridgehead atoms. The third kappa shape index (κ3) is 6.16. The van der Waals surface area contributed by atoms with Crippen molar-refractivity contribution in [3.63, 3.8) is 0 Å². The van der Waals surface area contributed by atoms with Gasteiger partial charge in [-0.05, 0) is 18.1 Å². The normalized spacial score (nSPS) is 15.6. The fourth-order valence-electron chi connectivity index (χ4n) is 1.61. The summed E-state index contributed by atoms with van der Waals surface area (Å²) >= 11 is 5.11. The van der Waals surface area contributed by atoms with Gasteiger partial charge >= 0.3 is 0 Å². The zero-order valence-corrected chi connectivity index (χ0v) is 12.0. The van der Waals surface area contributed by atoms with Gasteiger partial charge in [-0.15, -0.1) is 0 Å². The molecule has 1 heterocycles. The maximum absolute atomic E-state index is 11.8. The molecule has 6 heteroatoms. The lowest BCUT2D eigenvalue weighted by Gasteiger charge is -2.27. The molecular formula is C12H23N3O2S. The van der Waals surface area contributed by atoms with Crippen LogP contribution in [0.1, 0.15) is 20.3 Å². The predicted molar refractivity (Wildman–Crippen MR) is 75.5 cm³/mol. The first-order valence-electron chi connectivity index (χ1n) is 6.47. The Morgan fingerprint density at radius 3 is 2.61 bits per heavy atom. The number of nitrogens with one attached hydrogen (secondary N) is 2. The molecule has 0 aromatic rings. The summed E-state index contributed by atoms with van der Waals surface area (Å²) in [4.78, 5) is 13.7. The average Bonchev–Trinajstić information content (AvgIpc) is 2.37. The molecule has 0 saturated carbocycles. The minimum atomic E-state index is 0.164. The van der Waals surface area contributed by atoms with Crippen LogP contribution in [0.3, 0.4) is 0 Å². The summed E-state index contributed by atoms with van der Waals surface area (Å²) in [6.07, 6.45) is 0.476. The third-order valence-electron chi connectivity index (χ3n) is 2.66. The van der Waals surface area contributed by atoms with Crippen molar-refractivity contribution in [2.75, 3.05) is 39.4 Å². The van der Waals surface area contributed by atoms with E-state index in [-0.39, 0.29) is 5.91 Å². The minimum absolute atomic E-state index is 0.164. The molecule has 104 valence electrons. The molecule has 0 aromatic carbocycles. The largest absolute Gasteiger partial charge is 0.378 e. The molecule has 1 fully saturated rings. The molecule has 0 aromatic heterocycles. The highest BCUT2D eigenvalue weighted by molar-refractivity contribution is 7.80. The van der Waals surface area contributed by atoms with Crippen LogP contribution in [-0.4, -0.2) is 55.3 Å². The molecule has 1 rings (SSSR count). The average molecular weight is 273 g/mol. The second-order valence-electron chi connectivity index (χ2n) is 4.77. The number of hydrogen-bond donors (Lipinski definition) is 2. The molecule has 0 aliphatic carbocycles. The number of carbonyl (C=O) groups excluding carboxylic acids is 1. The monoisotopic (exact) mass is 273 g/mol. The van der Waals surface area contributed by atoms with Gasteiger partial charge in [-0.2, -0.15) is 0 Å². The van der Waals surface area contributed by atoms with Crippen molar-refractivity contribution in [1.82, 2.24) is 15.5 Å². The zero-order valence-electron chi connectivity index (χ0n) is 11.2. The molecule has 5 nitrogen and oxygen atoms in total. The quantitative estimate of drug-likeness (QED) is 0.708. The van der Waals surface area contributed by atoms with E-state index in [4.69, 9.17) is 17.0 Å². The van der Waals surface area contributed by atoms with E-state index in [0.29, 0.717) is 50.3 Å². The first-order chi connectivity index (χ1) is 8.59. The van der Waals surface area contributed by atoms with E-state index in [1.165, 1.54) is 0 Å². The highest BCUT2D eigenvalue weighted by Gasteiger charge is 2.15. The van der Waals surface area contributed by atoms with Crippen LogP contribution in [0.25, 0.3) is 0 Å². The topological polar surface area (TPSA) is 53.6 Å². The van der Waals surface area contributed by atoms with E-state index >= 15 is 0 Å².